The second kappa shape index (κ2) is 7.36. The van der Waals surface area contributed by atoms with E-state index in [1.807, 2.05) is 24.3 Å². The van der Waals surface area contributed by atoms with Gasteiger partial charge in [-0.25, -0.2) is 0 Å². The predicted octanol–water partition coefficient (Wildman–Crippen LogP) is 5.57. The molecule has 0 aromatic heterocycles. The Morgan fingerprint density at radius 3 is 2.85 bits per heavy atom. The second-order valence-electron chi connectivity index (χ2n) is 5.12. The van der Waals surface area contributed by atoms with E-state index in [0.717, 1.165) is 35.6 Å². The van der Waals surface area contributed by atoms with Crippen molar-refractivity contribution in [2.75, 3.05) is 18.0 Å². The van der Waals surface area contributed by atoms with Gasteiger partial charge in [-0.3, -0.25) is 0 Å². The number of halogens is 1. The summed E-state index contributed by atoms with van der Waals surface area (Å²) in [5.41, 5.74) is 10.4. The predicted molar refractivity (Wildman–Crippen MR) is 87.3 cm³/mol. The normalized spacial score (nSPS) is 15.8. The maximum atomic E-state index is 8.67. The standard InChI is InChI=1S/C15H19BrN4/c1-2-3-4-12-7-9-20(10-8-12)15-11-13(16)5-6-14(15)18-19-17/h2,5-6,11-12H,1,3-4,7-10H2. The van der Waals surface area contributed by atoms with Gasteiger partial charge in [-0.1, -0.05) is 27.1 Å². The van der Waals surface area contributed by atoms with Gasteiger partial charge in [-0.05, 0) is 55.3 Å². The molecule has 0 radical (unpaired) electrons. The maximum absolute atomic E-state index is 8.67. The lowest BCUT2D eigenvalue weighted by molar-refractivity contribution is 0.384. The molecule has 1 heterocycles. The fourth-order valence-corrected chi connectivity index (χ4v) is 3.05. The number of rotatable bonds is 5. The quantitative estimate of drug-likeness (QED) is 0.300. The molecule has 0 amide bonds. The lowest BCUT2D eigenvalue weighted by atomic mass is 9.92. The number of hydrogen-bond acceptors (Lipinski definition) is 2. The summed E-state index contributed by atoms with van der Waals surface area (Å²) < 4.78 is 1.01. The van der Waals surface area contributed by atoms with Crippen molar-refractivity contribution in [3.05, 3.63) is 45.8 Å². The van der Waals surface area contributed by atoms with Gasteiger partial charge in [0.1, 0.15) is 0 Å². The first-order valence-electron chi connectivity index (χ1n) is 6.95. The van der Waals surface area contributed by atoms with Crippen molar-refractivity contribution in [1.29, 1.82) is 0 Å². The smallest absolute Gasteiger partial charge is 0.0609 e. The molecule has 1 fully saturated rings. The first-order chi connectivity index (χ1) is 9.74. The molecule has 0 aliphatic carbocycles. The average Bonchev–Trinajstić information content (AvgIpc) is 2.48. The van der Waals surface area contributed by atoms with Crippen LogP contribution in [-0.2, 0) is 0 Å². The molecule has 0 bridgehead atoms. The van der Waals surface area contributed by atoms with Crippen LogP contribution in [0.4, 0.5) is 11.4 Å². The van der Waals surface area contributed by atoms with Gasteiger partial charge in [0.05, 0.1) is 5.69 Å². The monoisotopic (exact) mass is 334 g/mol. The van der Waals surface area contributed by atoms with Gasteiger partial charge in [-0.2, -0.15) is 0 Å². The van der Waals surface area contributed by atoms with Crippen LogP contribution in [-0.4, -0.2) is 13.1 Å². The van der Waals surface area contributed by atoms with Gasteiger partial charge in [-0.15, -0.1) is 6.58 Å². The number of azide groups is 1. The van der Waals surface area contributed by atoms with E-state index in [9.17, 15) is 0 Å². The molecule has 2 rings (SSSR count). The SMILES string of the molecule is C=CCCC1CCN(c2cc(Br)ccc2N=[N+]=[N-])CC1. The lowest BCUT2D eigenvalue weighted by Gasteiger charge is -2.34. The van der Waals surface area contributed by atoms with E-state index in [0.29, 0.717) is 5.69 Å². The van der Waals surface area contributed by atoms with Crippen LogP contribution in [0.15, 0.2) is 40.4 Å². The summed E-state index contributed by atoms with van der Waals surface area (Å²) in [5.74, 6) is 0.791. The largest absolute Gasteiger partial charge is 0.371 e. The Morgan fingerprint density at radius 2 is 2.20 bits per heavy atom. The van der Waals surface area contributed by atoms with Gasteiger partial charge in [0.15, 0.2) is 0 Å². The molecule has 0 unspecified atom stereocenters. The average molecular weight is 335 g/mol. The zero-order valence-corrected chi connectivity index (χ0v) is 13.1. The zero-order valence-electron chi connectivity index (χ0n) is 11.5. The van der Waals surface area contributed by atoms with Crippen molar-refractivity contribution >= 4 is 27.3 Å². The summed E-state index contributed by atoms with van der Waals surface area (Å²) in [6.45, 7) is 5.83. The molecule has 1 aliphatic rings. The molecule has 1 aliphatic heterocycles. The summed E-state index contributed by atoms with van der Waals surface area (Å²) in [6, 6.07) is 5.81. The van der Waals surface area contributed by atoms with E-state index in [1.54, 1.807) is 0 Å². The minimum Gasteiger partial charge on any atom is -0.371 e. The number of benzene rings is 1. The maximum Gasteiger partial charge on any atom is 0.0609 e. The van der Waals surface area contributed by atoms with Crippen LogP contribution in [0.25, 0.3) is 10.4 Å². The van der Waals surface area contributed by atoms with Gasteiger partial charge < -0.3 is 4.90 Å². The van der Waals surface area contributed by atoms with Crippen molar-refractivity contribution in [3.8, 4) is 0 Å². The van der Waals surface area contributed by atoms with E-state index in [-0.39, 0.29) is 0 Å². The van der Waals surface area contributed by atoms with Crippen LogP contribution in [0.2, 0.25) is 0 Å². The van der Waals surface area contributed by atoms with E-state index in [1.165, 1.54) is 19.3 Å². The number of nitrogens with zero attached hydrogens (tertiary/aromatic N) is 4. The summed E-state index contributed by atoms with van der Waals surface area (Å²) in [6.07, 6.45) is 6.72. The number of anilines is 1. The third kappa shape index (κ3) is 3.78. The highest BCUT2D eigenvalue weighted by Gasteiger charge is 2.20. The van der Waals surface area contributed by atoms with Crippen LogP contribution in [0, 0.1) is 5.92 Å². The summed E-state index contributed by atoms with van der Waals surface area (Å²) in [4.78, 5) is 5.24. The van der Waals surface area contributed by atoms with E-state index >= 15 is 0 Å². The molecule has 1 saturated heterocycles. The molecule has 0 saturated carbocycles. The van der Waals surface area contributed by atoms with Gasteiger partial charge in [0.25, 0.3) is 0 Å². The van der Waals surface area contributed by atoms with Gasteiger partial charge in [0, 0.05) is 28.2 Å². The van der Waals surface area contributed by atoms with Crippen LogP contribution in [0.1, 0.15) is 25.7 Å². The van der Waals surface area contributed by atoms with Gasteiger partial charge in [0.2, 0.25) is 0 Å². The first-order valence-corrected chi connectivity index (χ1v) is 7.74. The Labute approximate surface area is 128 Å². The molecule has 0 atom stereocenters. The van der Waals surface area contributed by atoms with Crippen molar-refractivity contribution in [1.82, 2.24) is 0 Å². The molecule has 0 spiro atoms. The topological polar surface area (TPSA) is 52.0 Å². The number of hydrogen-bond donors (Lipinski definition) is 0. The highest BCUT2D eigenvalue weighted by Crippen LogP contribution is 2.35. The fraction of sp³-hybridized carbons (Fsp3) is 0.467. The first kappa shape index (κ1) is 14.9. The zero-order chi connectivity index (χ0) is 14.4. The Kier molecular flexibility index (Phi) is 5.50. The van der Waals surface area contributed by atoms with Crippen molar-refractivity contribution < 1.29 is 0 Å². The molecule has 0 N–H and O–H groups in total. The molecular weight excluding hydrogens is 316 g/mol. The molecule has 20 heavy (non-hydrogen) atoms. The van der Waals surface area contributed by atoms with Gasteiger partial charge >= 0.3 is 0 Å². The summed E-state index contributed by atoms with van der Waals surface area (Å²) in [5, 5.41) is 3.80. The second-order valence-corrected chi connectivity index (χ2v) is 6.03. The Bertz CT molecular complexity index is 515. The minimum atomic E-state index is 0.709. The van der Waals surface area contributed by atoms with Crippen molar-refractivity contribution in [3.63, 3.8) is 0 Å². The lowest BCUT2D eigenvalue weighted by Crippen LogP contribution is -2.33. The highest BCUT2D eigenvalue weighted by molar-refractivity contribution is 9.10. The molecule has 1 aromatic carbocycles. The van der Waals surface area contributed by atoms with E-state index < -0.39 is 0 Å². The Balaban J connectivity index is 2.08. The minimum absolute atomic E-state index is 0.709. The van der Waals surface area contributed by atoms with Crippen LogP contribution in [0.5, 0.6) is 0 Å². The van der Waals surface area contributed by atoms with E-state index in [2.05, 4.69) is 37.4 Å². The van der Waals surface area contributed by atoms with Crippen molar-refractivity contribution in [2.24, 2.45) is 11.0 Å². The van der Waals surface area contributed by atoms with Crippen LogP contribution >= 0.6 is 15.9 Å². The molecule has 1 aromatic rings. The molecule has 4 nitrogen and oxygen atoms in total. The summed E-state index contributed by atoms with van der Waals surface area (Å²) >= 11 is 3.49. The van der Waals surface area contributed by atoms with E-state index in [4.69, 9.17) is 5.53 Å². The third-order valence-corrected chi connectivity index (χ3v) is 4.32. The third-order valence-electron chi connectivity index (χ3n) is 3.82. The Morgan fingerprint density at radius 1 is 1.45 bits per heavy atom. The molecule has 106 valence electrons. The summed E-state index contributed by atoms with van der Waals surface area (Å²) in [7, 11) is 0. The molecular formula is C15H19BrN4. The van der Waals surface area contributed by atoms with Crippen LogP contribution in [0.3, 0.4) is 0 Å². The fourth-order valence-electron chi connectivity index (χ4n) is 2.70. The van der Waals surface area contributed by atoms with Crippen LogP contribution < -0.4 is 4.90 Å². The Hall–Kier alpha value is -1.45. The van der Waals surface area contributed by atoms with Crippen molar-refractivity contribution in [2.45, 2.75) is 25.7 Å². The molecule has 5 heteroatoms. The number of allylic oxidation sites excluding steroid dienone is 1. The number of piperidine rings is 1. The highest BCUT2D eigenvalue weighted by atomic mass is 79.9.